The lowest BCUT2D eigenvalue weighted by molar-refractivity contribution is -0.140. The molecular formula is C30H37N3O5S. The van der Waals surface area contributed by atoms with Crippen LogP contribution < -0.4 is 14.4 Å². The number of carbonyl (C=O) groups excluding carboxylic acids is 2. The molecule has 0 bridgehead atoms. The van der Waals surface area contributed by atoms with E-state index in [2.05, 4.69) is 5.32 Å². The Morgan fingerprint density at radius 2 is 1.54 bits per heavy atom. The second kappa shape index (κ2) is 13.3. The van der Waals surface area contributed by atoms with Crippen LogP contribution in [-0.2, 0) is 26.2 Å². The van der Waals surface area contributed by atoms with Crippen molar-refractivity contribution < 1.29 is 22.7 Å². The van der Waals surface area contributed by atoms with E-state index < -0.39 is 28.5 Å². The zero-order valence-electron chi connectivity index (χ0n) is 23.1. The predicted molar refractivity (Wildman–Crippen MR) is 153 cm³/mol. The summed E-state index contributed by atoms with van der Waals surface area (Å²) in [6.45, 7) is 6.99. The van der Waals surface area contributed by atoms with Crippen LogP contribution in [0.1, 0.15) is 38.3 Å². The molecule has 0 heterocycles. The van der Waals surface area contributed by atoms with Crippen LogP contribution >= 0.6 is 0 Å². The molecule has 1 atom stereocenters. The summed E-state index contributed by atoms with van der Waals surface area (Å²) in [7, 11) is -2.52. The normalized spacial score (nSPS) is 12.1. The van der Waals surface area contributed by atoms with E-state index in [1.807, 2.05) is 39.0 Å². The van der Waals surface area contributed by atoms with Crippen molar-refractivity contribution in [3.05, 3.63) is 90.0 Å². The Kier molecular flexibility index (Phi) is 10.1. The monoisotopic (exact) mass is 551 g/mol. The van der Waals surface area contributed by atoms with Crippen molar-refractivity contribution >= 4 is 27.5 Å². The number of aryl methyl sites for hydroxylation is 1. The van der Waals surface area contributed by atoms with E-state index in [9.17, 15) is 18.0 Å². The summed E-state index contributed by atoms with van der Waals surface area (Å²) < 4.78 is 34.1. The first-order chi connectivity index (χ1) is 18.6. The Morgan fingerprint density at radius 3 is 2.10 bits per heavy atom. The maximum Gasteiger partial charge on any atom is 0.264 e. The van der Waals surface area contributed by atoms with Crippen LogP contribution in [0.15, 0.2) is 83.8 Å². The van der Waals surface area contributed by atoms with Crippen molar-refractivity contribution in [3.8, 4) is 5.75 Å². The van der Waals surface area contributed by atoms with Crippen LogP contribution in [0.5, 0.6) is 5.75 Å². The van der Waals surface area contributed by atoms with Crippen LogP contribution in [0.25, 0.3) is 0 Å². The van der Waals surface area contributed by atoms with E-state index in [1.54, 1.807) is 62.6 Å². The molecule has 3 rings (SSSR count). The van der Waals surface area contributed by atoms with Crippen molar-refractivity contribution in [1.29, 1.82) is 0 Å². The highest BCUT2D eigenvalue weighted by Crippen LogP contribution is 2.27. The number of nitrogens with one attached hydrogen (secondary N) is 1. The number of benzene rings is 3. The Labute approximate surface area is 231 Å². The fraction of sp³-hybridized carbons (Fsp3) is 0.333. The summed E-state index contributed by atoms with van der Waals surface area (Å²) in [4.78, 5) is 28.8. The molecule has 8 nitrogen and oxygen atoms in total. The molecule has 0 radical (unpaired) electrons. The highest BCUT2D eigenvalue weighted by molar-refractivity contribution is 7.92. The van der Waals surface area contributed by atoms with Gasteiger partial charge in [-0.15, -0.1) is 0 Å². The Balaban J connectivity index is 2.05. The van der Waals surface area contributed by atoms with Crippen molar-refractivity contribution in [1.82, 2.24) is 10.2 Å². The SMILES string of the molecule is CC[C@@H](C(=O)NC(C)C)N(Cc1ccc(OC)cc1)C(=O)CN(c1ccccc1C)S(=O)(=O)c1ccccc1. The van der Waals surface area contributed by atoms with Gasteiger partial charge in [0.2, 0.25) is 11.8 Å². The Bertz CT molecular complexity index is 1360. The lowest BCUT2D eigenvalue weighted by atomic mass is 10.1. The van der Waals surface area contributed by atoms with Crippen molar-refractivity contribution in [3.63, 3.8) is 0 Å². The molecule has 208 valence electrons. The third kappa shape index (κ3) is 7.38. The molecule has 2 amide bonds. The standard InChI is InChI=1S/C30H37N3O5S/c1-6-27(30(35)31-22(2)3)32(20-24-16-18-25(38-5)19-17-24)29(34)21-33(28-15-11-10-12-23(28)4)39(36,37)26-13-8-7-9-14-26/h7-19,22,27H,6,20-21H2,1-5H3,(H,31,35)/t27-/m0/s1. The summed E-state index contributed by atoms with van der Waals surface area (Å²) in [5, 5.41) is 2.90. The lowest BCUT2D eigenvalue weighted by Gasteiger charge is -2.34. The van der Waals surface area contributed by atoms with Gasteiger partial charge >= 0.3 is 0 Å². The quantitative estimate of drug-likeness (QED) is 0.357. The van der Waals surface area contributed by atoms with Gasteiger partial charge in [-0.3, -0.25) is 13.9 Å². The summed E-state index contributed by atoms with van der Waals surface area (Å²) in [5.74, 6) is -0.108. The minimum absolute atomic E-state index is 0.0762. The van der Waals surface area contributed by atoms with Gasteiger partial charge < -0.3 is 15.0 Å². The predicted octanol–water partition coefficient (Wildman–Crippen LogP) is 4.53. The second-order valence-electron chi connectivity index (χ2n) is 9.57. The van der Waals surface area contributed by atoms with Gasteiger partial charge in [-0.2, -0.15) is 0 Å². The number of para-hydroxylation sites is 1. The minimum Gasteiger partial charge on any atom is -0.497 e. The van der Waals surface area contributed by atoms with Gasteiger partial charge in [0.25, 0.3) is 10.0 Å². The lowest BCUT2D eigenvalue weighted by Crippen LogP contribution is -2.53. The molecule has 3 aromatic carbocycles. The Hall–Kier alpha value is -3.85. The van der Waals surface area contributed by atoms with Gasteiger partial charge in [-0.05, 0) is 68.7 Å². The molecule has 3 aromatic rings. The molecule has 0 aliphatic rings. The molecule has 1 N–H and O–H groups in total. The number of ether oxygens (including phenoxy) is 1. The number of anilines is 1. The van der Waals surface area contributed by atoms with Crippen molar-refractivity contribution in [2.24, 2.45) is 0 Å². The van der Waals surface area contributed by atoms with Gasteiger partial charge in [0.1, 0.15) is 18.3 Å². The van der Waals surface area contributed by atoms with Gasteiger partial charge in [0.05, 0.1) is 17.7 Å². The largest absolute Gasteiger partial charge is 0.497 e. The third-order valence-electron chi connectivity index (χ3n) is 6.32. The second-order valence-corrected chi connectivity index (χ2v) is 11.4. The maximum absolute atomic E-state index is 14.0. The topological polar surface area (TPSA) is 96.0 Å². The first kappa shape index (κ1) is 29.7. The van der Waals surface area contributed by atoms with Crippen LogP contribution in [0.2, 0.25) is 0 Å². The molecule has 0 spiro atoms. The first-order valence-electron chi connectivity index (χ1n) is 12.9. The summed E-state index contributed by atoms with van der Waals surface area (Å²) >= 11 is 0. The van der Waals surface area contributed by atoms with E-state index in [4.69, 9.17) is 4.74 Å². The van der Waals surface area contributed by atoms with Crippen LogP contribution in [-0.4, -0.2) is 50.9 Å². The average molecular weight is 552 g/mol. The molecule has 0 saturated heterocycles. The van der Waals surface area contributed by atoms with E-state index in [-0.39, 0.29) is 23.4 Å². The highest BCUT2D eigenvalue weighted by atomic mass is 32.2. The molecule has 0 aliphatic carbocycles. The summed E-state index contributed by atoms with van der Waals surface area (Å²) in [6, 6.07) is 21.4. The fourth-order valence-corrected chi connectivity index (χ4v) is 5.80. The van der Waals surface area contributed by atoms with Crippen LogP contribution in [0.4, 0.5) is 5.69 Å². The molecule has 0 unspecified atom stereocenters. The van der Waals surface area contributed by atoms with Gasteiger partial charge in [0.15, 0.2) is 0 Å². The number of methoxy groups -OCH3 is 1. The number of rotatable bonds is 12. The zero-order chi connectivity index (χ0) is 28.6. The van der Waals surface area contributed by atoms with Crippen molar-refractivity contribution in [2.45, 2.75) is 57.6 Å². The zero-order valence-corrected chi connectivity index (χ0v) is 23.9. The molecule has 0 aromatic heterocycles. The average Bonchev–Trinajstić information content (AvgIpc) is 2.92. The van der Waals surface area contributed by atoms with E-state index in [1.165, 1.54) is 17.0 Å². The molecule has 9 heteroatoms. The third-order valence-corrected chi connectivity index (χ3v) is 8.10. The number of nitrogens with zero attached hydrogens (tertiary/aromatic N) is 2. The number of sulfonamides is 1. The number of hydrogen-bond donors (Lipinski definition) is 1. The van der Waals surface area contributed by atoms with Crippen molar-refractivity contribution in [2.75, 3.05) is 18.0 Å². The summed E-state index contributed by atoms with van der Waals surface area (Å²) in [5.41, 5.74) is 1.89. The van der Waals surface area contributed by atoms with Gasteiger partial charge in [-0.1, -0.05) is 55.5 Å². The Morgan fingerprint density at radius 1 is 0.923 bits per heavy atom. The van der Waals surface area contributed by atoms with Crippen LogP contribution in [0.3, 0.4) is 0 Å². The van der Waals surface area contributed by atoms with E-state index in [0.29, 0.717) is 23.4 Å². The highest BCUT2D eigenvalue weighted by Gasteiger charge is 2.34. The van der Waals surface area contributed by atoms with E-state index >= 15 is 0 Å². The molecular weight excluding hydrogens is 514 g/mol. The smallest absolute Gasteiger partial charge is 0.264 e. The van der Waals surface area contributed by atoms with E-state index in [0.717, 1.165) is 9.87 Å². The number of hydrogen-bond acceptors (Lipinski definition) is 5. The molecule has 0 saturated carbocycles. The fourth-order valence-electron chi connectivity index (χ4n) is 4.30. The molecule has 0 fully saturated rings. The molecule has 39 heavy (non-hydrogen) atoms. The molecule has 0 aliphatic heterocycles. The first-order valence-corrected chi connectivity index (χ1v) is 14.4. The minimum atomic E-state index is -4.09. The maximum atomic E-state index is 14.0. The van der Waals surface area contributed by atoms with Gasteiger partial charge in [0, 0.05) is 12.6 Å². The number of amides is 2. The van der Waals surface area contributed by atoms with Gasteiger partial charge in [-0.25, -0.2) is 8.42 Å². The number of carbonyl (C=O) groups is 2. The van der Waals surface area contributed by atoms with Crippen LogP contribution in [0, 0.1) is 6.92 Å². The summed E-state index contributed by atoms with van der Waals surface area (Å²) in [6.07, 6.45) is 0.357.